The van der Waals surface area contributed by atoms with E-state index in [1.807, 2.05) is 44.3 Å². The predicted molar refractivity (Wildman–Crippen MR) is 148 cm³/mol. The van der Waals surface area contributed by atoms with E-state index < -0.39 is 47.9 Å². The summed E-state index contributed by atoms with van der Waals surface area (Å²) in [6.07, 6.45) is 3.70. The van der Waals surface area contributed by atoms with E-state index >= 15 is 0 Å². The number of esters is 2. The van der Waals surface area contributed by atoms with Crippen molar-refractivity contribution in [3.05, 3.63) is 36.0 Å². The summed E-state index contributed by atoms with van der Waals surface area (Å²) in [6, 6.07) is 6.81. The largest absolute Gasteiger partial charge is 0.467 e. The number of carbonyl (C=O) groups is 3. The first-order valence-corrected chi connectivity index (χ1v) is 15.0. The lowest BCUT2D eigenvalue weighted by atomic mass is 9.58. The number of aromatic amines is 1. The second kappa shape index (κ2) is 11.3. The van der Waals surface area contributed by atoms with Crippen molar-refractivity contribution in [2.75, 3.05) is 7.11 Å². The number of hydrogen-bond acceptors (Lipinski definition) is 9. The van der Waals surface area contributed by atoms with Crippen molar-refractivity contribution >= 4 is 28.7 Å². The van der Waals surface area contributed by atoms with Crippen molar-refractivity contribution in [3.63, 3.8) is 0 Å². The standard InChI is InChI=1S/C31H40N2O9/c1-17-9-10-22-18(2)28(39-29-31(22)21(17)13-14-30(3,40-29)41-42-31)38-26(35)12-11-25(34)33-24(27(36)37-4)15-19-16-32-23-8-6-5-7-20(19)23/h5-8,16-18,21-22,24,28-29,32H,9-15H2,1-4H3,(H,33,34)/t17-,18-,21+,22+,24+,28-,29-,30-,31?/m1/s1. The van der Waals surface area contributed by atoms with Gasteiger partial charge in [0.05, 0.1) is 13.5 Å². The Morgan fingerprint density at radius 3 is 2.71 bits per heavy atom. The number of hydrogen-bond donors (Lipinski definition) is 2. The van der Waals surface area contributed by atoms with Crippen LogP contribution in [-0.2, 0) is 49.5 Å². The highest BCUT2D eigenvalue weighted by Crippen LogP contribution is 2.60. The molecule has 228 valence electrons. The molecule has 5 aliphatic rings. The minimum Gasteiger partial charge on any atom is -0.467 e. The van der Waals surface area contributed by atoms with Crippen molar-refractivity contribution in [1.82, 2.24) is 10.3 Å². The molecule has 9 atom stereocenters. The zero-order valence-corrected chi connectivity index (χ0v) is 24.6. The third kappa shape index (κ3) is 5.10. The van der Waals surface area contributed by atoms with Gasteiger partial charge in [0.1, 0.15) is 6.04 Å². The Balaban J connectivity index is 1.07. The number of benzene rings is 1. The van der Waals surface area contributed by atoms with Gasteiger partial charge in [0, 0.05) is 48.2 Å². The summed E-state index contributed by atoms with van der Waals surface area (Å²) in [7, 11) is 1.28. The van der Waals surface area contributed by atoms with Crippen molar-refractivity contribution in [1.29, 1.82) is 0 Å². The second-order valence-electron chi connectivity index (χ2n) is 12.5. The van der Waals surface area contributed by atoms with E-state index in [0.717, 1.165) is 35.7 Å². The van der Waals surface area contributed by atoms with Crippen molar-refractivity contribution in [2.45, 2.75) is 95.7 Å². The second-order valence-corrected chi connectivity index (χ2v) is 12.5. The number of carbonyl (C=O) groups excluding carboxylic acids is 3. The number of methoxy groups -OCH3 is 1. The molecule has 1 aromatic heterocycles. The molecule has 0 radical (unpaired) electrons. The molecule has 2 aromatic rings. The van der Waals surface area contributed by atoms with Gasteiger partial charge in [-0.2, -0.15) is 0 Å². The summed E-state index contributed by atoms with van der Waals surface area (Å²) in [4.78, 5) is 53.4. The Labute approximate surface area is 244 Å². The van der Waals surface area contributed by atoms with Crippen LogP contribution in [0, 0.1) is 23.7 Å². The number of para-hydroxylation sites is 1. The van der Waals surface area contributed by atoms with E-state index in [1.165, 1.54) is 7.11 Å². The quantitative estimate of drug-likeness (QED) is 0.350. The smallest absolute Gasteiger partial charge is 0.328 e. The molecule has 2 N–H and O–H groups in total. The normalized spacial score (nSPS) is 36.0. The van der Waals surface area contributed by atoms with E-state index in [4.69, 9.17) is 28.7 Å². The first-order chi connectivity index (χ1) is 20.1. The molecule has 1 aliphatic carbocycles. The van der Waals surface area contributed by atoms with Gasteiger partial charge in [-0.25, -0.2) is 14.6 Å². The number of ether oxygens (including phenoxy) is 4. The van der Waals surface area contributed by atoms with E-state index in [9.17, 15) is 14.4 Å². The molecular weight excluding hydrogens is 544 g/mol. The molecule has 7 rings (SSSR count). The fourth-order valence-corrected chi connectivity index (χ4v) is 7.53. The zero-order valence-electron chi connectivity index (χ0n) is 24.6. The Hall–Kier alpha value is -2.99. The summed E-state index contributed by atoms with van der Waals surface area (Å²) < 4.78 is 23.3. The molecule has 42 heavy (non-hydrogen) atoms. The van der Waals surface area contributed by atoms with Gasteiger partial charge in [-0.3, -0.25) is 9.59 Å². The van der Waals surface area contributed by atoms with Crippen LogP contribution in [-0.4, -0.2) is 59.9 Å². The molecule has 4 saturated heterocycles. The van der Waals surface area contributed by atoms with Crippen LogP contribution in [0.4, 0.5) is 0 Å². The van der Waals surface area contributed by atoms with Crippen LogP contribution in [0.5, 0.6) is 0 Å². The molecule has 2 bridgehead atoms. The van der Waals surface area contributed by atoms with Crippen LogP contribution in [0.25, 0.3) is 10.9 Å². The minimum atomic E-state index is -0.923. The van der Waals surface area contributed by atoms with Crippen molar-refractivity contribution in [2.24, 2.45) is 23.7 Å². The average Bonchev–Trinajstić information content (AvgIpc) is 3.24. The lowest BCUT2D eigenvalue weighted by Gasteiger charge is -2.59. The first kappa shape index (κ1) is 29.1. The maximum atomic E-state index is 12.9. The topological polar surface area (TPSA) is 134 Å². The molecule has 1 unspecified atom stereocenters. The summed E-state index contributed by atoms with van der Waals surface area (Å²) in [5, 5.41) is 3.68. The fraction of sp³-hybridized carbons (Fsp3) is 0.645. The lowest BCUT2D eigenvalue weighted by molar-refractivity contribution is -0.576. The molecule has 1 aromatic carbocycles. The van der Waals surface area contributed by atoms with Gasteiger partial charge >= 0.3 is 11.9 Å². The van der Waals surface area contributed by atoms with Gasteiger partial charge in [-0.15, -0.1) is 0 Å². The highest BCUT2D eigenvalue weighted by molar-refractivity contribution is 5.88. The van der Waals surface area contributed by atoms with Gasteiger partial charge in [-0.05, 0) is 49.7 Å². The summed E-state index contributed by atoms with van der Waals surface area (Å²) in [5.41, 5.74) is 1.06. The molecule has 4 aliphatic heterocycles. The third-order valence-corrected chi connectivity index (χ3v) is 9.82. The number of nitrogens with one attached hydrogen (secondary N) is 2. The average molecular weight is 585 g/mol. The molecule has 5 fully saturated rings. The molecule has 1 amide bonds. The van der Waals surface area contributed by atoms with Crippen LogP contribution in [0.3, 0.4) is 0 Å². The maximum Gasteiger partial charge on any atom is 0.328 e. The molecule has 5 heterocycles. The molecule has 11 heteroatoms. The SMILES string of the molecule is COC(=O)[C@H](Cc1c[nH]c2ccccc12)NC(=O)CCC(=O)O[C@@H]1O[C@@H]2O[C@@]3(C)CC[C@H]4[C@H](C)CC[C@@H]([C@H]1C)C24OO3. The van der Waals surface area contributed by atoms with Gasteiger partial charge in [0.25, 0.3) is 0 Å². The highest BCUT2D eigenvalue weighted by atomic mass is 17.3. The van der Waals surface area contributed by atoms with E-state index in [-0.39, 0.29) is 37.0 Å². The van der Waals surface area contributed by atoms with Crippen LogP contribution in [0.15, 0.2) is 30.5 Å². The summed E-state index contributed by atoms with van der Waals surface area (Å²) >= 11 is 0. The number of H-pyrrole nitrogens is 1. The van der Waals surface area contributed by atoms with Crippen LogP contribution in [0.2, 0.25) is 0 Å². The zero-order chi connectivity index (χ0) is 29.6. The van der Waals surface area contributed by atoms with Crippen molar-refractivity contribution in [3.8, 4) is 0 Å². The summed E-state index contributed by atoms with van der Waals surface area (Å²) in [5.74, 6) is -2.01. The van der Waals surface area contributed by atoms with Crippen molar-refractivity contribution < 1.29 is 43.1 Å². The van der Waals surface area contributed by atoms with Gasteiger partial charge in [0.15, 0.2) is 11.9 Å². The first-order valence-electron chi connectivity index (χ1n) is 15.0. The third-order valence-electron chi connectivity index (χ3n) is 9.82. The number of amides is 1. The Morgan fingerprint density at radius 2 is 1.90 bits per heavy atom. The summed E-state index contributed by atoms with van der Waals surface area (Å²) in [6.45, 7) is 6.09. The number of aromatic nitrogens is 1. The maximum absolute atomic E-state index is 12.9. The van der Waals surface area contributed by atoms with Gasteiger partial charge < -0.3 is 29.2 Å². The fourth-order valence-electron chi connectivity index (χ4n) is 7.53. The monoisotopic (exact) mass is 584 g/mol. The van der Waals surface area contributed by atoms with E-state index in [2.05, 4.69) is 17.2 Å². The highest BCUT2D eigenvalue weighted by Gasteiger charge is 2.69. The van der Waals surface area contributed by atoms with E-state index in [0.29, 0.717) is 12.3 Å². The van der Waals surface area contributed by atoms with Gasteiger partial charge in [0.2, 0.25) is 18.0 Å². The molecule has 1 spiro atoms. The molecule has 1 saturated carbocycles. The Morgan fingerprint density at radius 1 is 1.10 bits per heavy atom. The predicted octanol–water partition coefficient (Wildman–Crippen LogP) is 3.90. The lowest BCUT2D eigenvalue weighted by Crippen LogP contribution is -2.70. The number of rotatable bonds is 8. The van der Waals surface area contributed by atoms with Gasteiger partial charge in [-0.1, -0.05) is 32.0 Å². The number of fused-ring (bicyclic) bond motifs is 3. The molecule has 11 nitrogen and oxygen atoms in total. The molecular formula is C31H40N2O9. The van der Waals surface area contributed by atoms with Crippen LogP contribution >= 0.6 is 0 Å². The minimum absolute atomic E-state index is 0.0199. The Kier molecular flexibility index (Phi) is 7.80. The Bertz CT molecular complexity index is 1340. The van der Waals surface area contributed by atoms with Crippen LogP contribution in [0.1, 0.15) is 64.9 Å². The van der Waals surface area contributed by atoms with E-state index in [1.54, 1.807) is 0 Å². The van der Waals surface area contributed by atoms with Crippen LogP contribution < -0.4 is 5.32 Å².